The Kier molecular flexibility index (Phi) is 5.84. The van der Waals surface area contributed by atoms with Crippen molar-refractivity contribution in [2.75, 3.05) is 26.2 Å². The Labute approximate surface area is 136 Å². The summed E-state index contributed by atoms with van der Waals surface area (Å²) in [6.07, 6.45) is 1.36. The molecule has 6 heteroatoms. The van der Waals surface area contributed by atoms with Crippen LogP contribution in [0.4, 0.5) is 4.79 Å². The lowest BCUT2D eigenvalue weighted by Crippen LogP contribution is -2.47. The van der Waals surface area contributed by atoms with Gasteiger partial charge < -0.3 is 20.1 Å². The molecule has 6 nitrogen and oxygen atoms in total. The van der Waals surface area contributed by atoms with E-state index in [1.165, 1.54) is 0 Å². The molecule has 0 aliphatic carbocycles. The van der Waals surface area contributed by atoms with Gasteiger partial charge in [-0.2, -0.15) is 0 Å². The summed E-state index contributed by atoms with van der Waals surface area (Å²) in [5, 5.41) is 11.8. The van der Waals surface area contributed by atoms with Gasteiger partial charge in [0.05, 0.1) is 12.5 Å². The van der Waals surface area contributed by atoms with Crippen LogP contribution in [0, 0.1) is 19.8 Å². The maximum absolute atomic E-state index is 12.1. The van der Waals surface area contributed by atoms with E-state index in [0.29, 0.717) is 26.1 Å². The minimum absolute atomic E-state index is 0.221. The highest BCUT2D eigenvalue weighted by molar-refractivity contribution is 5.76. The van der Waals surface area contributed by atoms with Crippen LogP contribution < -0.4 is 10.1 Å². The number of rotatable bonds is 5. The summed E-state index contributed by atoms with van der Waals surface area (Å²) in [5.74, 6) is -0.438. The Balaban J connectivity index is 1.76. The van der Waals surface area contributed by atoms with Crippen molar-refractivity contribution in [3.8, 4) is 5.75 Å². The van der Waals surface area contributed by atoms with Gasteiger partial charge in [0.15, 0.2) is 0 Å². The number of carboxylic acid groups (broad SMARTS) is 1. The number of urea groups is 1. The van der Waals surface area contributed by atoms with Crippen LogP contribution in [0.1, 0.15) is 24.0 Å². The number of hydrogen-bond acceptors (Lipinski definition) is 3. The van der Waals surface area contributed by atoms with Gasteiger partial charge in [0, 0.05) is 13.1 Å². The fourth-order valence-electron chi connectivity index (χ4n) is 2.81. The molecule has 1 aromatic rings. The summed E-state index contributed by atoms with van der Waals surface area (Å²) in [5.41, 5.74) is 2.13. The molecule has 1 heterocycles. The van der Waals surface area contributed by atoms with E-state index in [2.05, 4.69) is 5.32 Å². The van der Waals surface area contributed by atoms with Crippen LogP contribution in [-0.2, 0) is 4.79 Å². The van der Waals surface area contributed by atoms with E-state index in [0.717, 1.165) is 23.3 Å². The normalized spacial score (nSPS) is 17.7. The van der Waals surface area contributed by atoms with Crippen LogP contribution in [0.15, 0.2) is 18.2 Å². The second kappa shape index (κ2) is 7.85. The molecular weight excluding hydrogens is 296 g/mol. The van der Waals surface area contributed by atoms with E-state index in [1.54, 1.807) is 4.90 Å². The van der Waals surface area contributed by atoms with Crippen molar-refractivity contribution in [3.05, 3.63) is 29.3 Å². The quantitative estimate of drug-likeness (QED) is 0.815. The lowest BCUT2D eigenvalue weighted by Gasteiger charge is -2.30. The average molecular weight is 320 g/mol. The molecule has 0 spiro atoms. The number of carboxylic acids is 1. The molecule has 0 saturated carbocycles. The average Bonchev–Trinajstić information content (AvgIpc) is 2.53. The Morgan fingerprint density at radius 3 is 2.70 bits per heavy atom. The number of amides is 2. The summed E-state index contributed by atoms with van der Waals surface area (Å²) >= 11 is 0. The molecular formula is C17H24N2O4. The third-order valence-electron chi connectivity index (χ3n) is 4.09. The number of nitrogens with one attached hydrogen (secondary N) is 1. The van der Waals surface area contributed by atoms with Gasteiger partial charge in [-0.15, -0.1) is 0 Å². The van der Waals surface area contributed by atoms with Crippen molar-refractivity contribution < 1.29 is 19.4 Å². The first-order valence-electron chi connectivity index (χ1n) is 7.93. The first-order valence-corrected chi connectivity index (χ1v) is 7.93. The van der Waals surface area contributed by atoms with E-state index in [-0.39, 0.29) is 12.6 Å². The highest BCUT2D eigenvalue weighted by atomic mass is 16.5. The van der Waals surface area contributed by atoms with Crippen LogP contribution in [0.25, 0.3) is 0 Å². The number of aliphatic carboxylic acids is 1. The van der Waals surface area contributed by atoms with Crippen LogP contribution in [-0.4, -0.2) is 48.2 Å². The lowest BCUT2D eigenvalue weighted by atomic mass is 9.99. The van der Waals surface area contributed by atoms with Gasteiger partial charge in [-0.1, -0.05) is 18.2 Å². The van der Waals surface area contributed by atoms with Gasteiger partial charge >= 0.3 is 12.0 Å². The lowest BCUT2D eigenvalue weighted by molar-refractivity contribution is -0.143. The van der Waals surface area contributed by atoms with Gasteiger partial charge in [-0.05, 0) is 37.8 Å². The number of piperidine rings is 1. The van der Waals surface area contributed by atoms with Crippen LogP contribution >= 0.6 is 0 Å². The van der Waals surface area contributed by atoms with Crippen molar-refractivity contribution in [1.82, 2.24) is 10.2 Å². The van der Waals surface area contributed by atoms with Crippen LogP contribution in [0.2, 0.25) is 0 Å². The molecule has 126 valence electrons. The second-order valence-corrected chi connectivity index (χ2v) is 5.92. The van der Waals surface area contributed by atoms with Gasteiger partial charge in [-0.25, -0.2) is 4.79 Å². The Bertz CT molecular complexity index is 553. The number of para-hydroxylation sites is 1. The van der Waals surface area contributed by atoms with Crippen molar-refractivity contribution in [3.63, 3.8) is 0 Å². The fourth-order valence-corrected chi connectivity index (χ4v) is 2.81. The zero-order chi connectivity index (χ0) is 16.8. The number of nitrogens with zero attached hydrogens (tertiary/aromatic N) is 1. The summed E-state index contributed by atoms with van der Waals surface area (Å²) in [6.45, 7) is 5.63. The van der Waals surface area contributed by atoms with Crippen molar-refractivity contribution in [2.24, 2.45) is 5.92 Å². The number of carbonyl (C=O) groups is 2. The third kappa shape index (κ3) is 4.61. The third-order valence-corrected chi connectivity index (χ3v) is 4.09. The van der Waals surface area contributed by atoms with Crippen molar-refractivity contribution in [1.29, 1.82) is 0 Å². The molecule has 0 bridgehead atoms. The molecule has 1 aromatic carbocycles. The SMILES string of the molecule is Cc1cccc(C)c1OCCNC(=O)N1CCCC(C(=O)O)C1. The topological polar surface area (TPSA) is 78.9 Å². The predicted octanol–water partition coefficient (Wildman–Crippen LogP) is 2.19. The number of carbonyl (C=O) groups excluding carboxylic acids is 1. The van der Waals surface area contributed by atoms with Crippen molar-refractivity contribution >= 4 is 12.0 Å². The number of ether oxygens (including phenoxy) is 1. The first-order chi connectivity index (χ1) is 11.0. The molecule has 1 aliphatic heterocycles. The molecule has 2 N–H and O–H groups in total. The van der Waals surface area contributed by atoms with E-state index in [4.69, 9.17) is 9.84 Å². The molecule has 1 atom stereocenters. The monoisotopic (exact) mass is 320 g/mol. The van der Waals surface area contributed by atoms with E-state index >= 15 is 0 Å². The predicted molar refractivity (Wildman–Crippen MR) is 86.7 cm³/mol. The number of likely N-dealkylation sites (tertiary alicyclic amines) is 1. The zero-order valence-electron chi connectivity index (χ0n) is 13.7. The summed E-state index contributed by atoms with van der Waals surface area (Å²) in [6, 6.07) is 5.73. The molecule has 1 fully saturated rings. The number of benzene rings is 1. The standard InChI is InChI=1S/C17H24N2O4/c1-12-5-3-6-13(2)15(12)23-10-8-18-17(22)19-9-4-7-14(11-19)16(20)21/h3,5-6,14H,4,7-11H2,1-2H3,(H,18,22)(H,20,21). The Morgan fingerprint density at radius 2 is 2.04 bits per heavy atom. The molecule has 2 amide bonds. The highest BCUT2D eigenvalue weighted by Gasteiger charge is 2.27. The summed E-state index contributed by atoms with van der Waals surface area (Å²) < 4.78 is 5.74. The van der Waals surface area contributed by atoms with E-state index in [9.17, 15) is 9.59 Å². The number of hydrogen-bond donors (Lipinski definition) is 2. The smallest absolute Gasteiger partial charge is 0.317 e. The Hall–Kier alpha value is -2.24. The second-order valence-electron chi connectivity index (χ2n) is 5.92. The maximum atomic E-state index is 12.1. The van der Waals surface area contributed by atoms with Crippen LogP contribution in [0.3, 0.4) is 0 Å². The van der Waals surface area contributed by atoms with Gasteiger partial charge in [-0.3, -0.25) is 4.79 Å². The molecule has 2 rings (SSSR count). The largest absolute Gasteiger partial charge is 0.491 e. The Morgan fingerprint density at radius 1 is 1.35 bits per heavy atom. The van der Waals surface area contributed by atoms with E-state index < -0.39 is 11.9 Å². The highest BCUT2D eigenvalue weighted by Crippen LogP contribution is 2.22. The van der Waals surface area contributed by atoms with Gasteiger partial charge in [0.2, 0.25) is 0 Å². The van der Waals surface area contributed by atoms with Crippen molar-refractivity contribution in [2.45, 2.75) is 26.7 Å². The summed E-state index contributed by atoms with van der Waals surface area (Å²) in [7, 11) is 0. The molecule has 1 aliphatic rings. The van der Waals surface area contributed by atoms with Gasteiger partial charge in [0.1, 0.15) is 12.4 Å². The molecule has 0 aromatic heterocycles. The van der Waals surface area contributed by atoms with E-state index in [1.807, 2.05) is 32.0 Å². The summed E-state index contributed by atoms with van der Waals surface area (Å²) in [4.78, 5) is 24.7. The molecule has 1 saturated heterocycles. The minimum atomic E-state index is -0.833. The number of aryl methyl sites for hydroxylation is 2. The maximum Gasteiger partial charge on any atom is 0.317 e. The first kappa shape index (κ1) is 17.1. The van der Waals surface area contributed by atoms with Gasteiger partial charge in [0.25, 0.3) is 0 Å². The van der Waals surface area contributed by atoms with Crippen LogP contribution in [0.5, 0.6) is 5.75 Å². The molecule has 1 unspecified atom stereocenters. The zero-order valence-corrected chi connectivity index (χ0v) is 13.7. The molecule has 0 radical (unpaired) electrons. The molecule has 23 heavy (non-hydrogen) atoms. The minimum Gasteiger partial charge on any atom is -0.491 e. The fraction of sp³-hybridized carbons (Fsp3) is 0.529.